The molecule has 0 unspecified atom stereocenters. The fourth-order valence-electron chi connectivity index (χ4n) is 1.34. The second-order valence-electron chi connectivity index (χ2n) is 3.12. The molecule has 0 aliphatic rings. The van der Waals surface area contributed by atoms with E-state index in [-0.39, 0.29) is 5.91 Å². The number of benzene rings is 1. The fraction of sp³-hybridized carbons (Fsp3) is 0.200. The van der Waals surface area contributed by atoms with Gasteiger partial charge in [0.1, 0.15) is 6.33 Å². The van der Waals surface area contributed by atoms with Gasteiger partial charge in [0.05, 0.1) is 11.0 Å². The van der Waals surface area contributed by atoms with Crippen LogP contribution in [0, 0.1) is 0 Å². The Morgan fingerprint density at radius 2 is 2.14 bits per heavy atom. The van der Waals surface area contributed by atoms with Crippen LogP contribution in [-0.2, 0) is 4.79 Å². The van der Waals surface area contributed by atoms with Crippen LogP contribution in [0.1, 0.15) is 6.92 Å². The average Bonchev–Trinajstić information content (AvgIpc) is 2.60. The maximum atomic E-state index is 11.2. The van der Waals surface area contributed by atoms with Crippen molar-refractivity contribution in [2.45, 2.75) is 6.92 Å². The molecule has 0 N–H and O–H groups in total. The molecule has 0 aliphatic heterocycles. The van der Waals surface area contributed by atoms with E-state index in [9.17, 15) is 4.79 Å². The van der Waals surface area contributed by atoms with Gasteiger partial charge in [-0.25, -0.2) is 9.66 Å². The maximum absolute atomic E-state index is 11.2. The lowest BCUT2D eigenvalue weighted by molar-refractivity contribution is -0.117. The van der Waals surface area contributed by atoms with Crippen molar-refractivity contribution in [1.82, 2.24) is 9.66 Å². The van der Waals surface area contributed by atoms with Crippen LogP contribution >= 0.6 is 0 Å². The van der Waals surface area contributed by atoms with E-state index in [1.54, 1.807) is 18.1 Å². The minimum atomic E-state index is -0.0202. The highest BCUT2D eigenvalue weighted by Crippen LogP contribution is 2.11. The van der Waals surface area contributed by atoms with E-state index in [2.05, 4.69) is 4.98 Å². The predicted molar refractivity (Wildman–Crippen MR) is 54.6 cm³/mol. The lowest BCUT2D eigenvalue weighted by Crippen LogP contribution is -2.33. The summed E-state index contributed by atoms with van der Waals surface area (Å²) in [5.41, 5.74) is 1.82. The van der Waals surface area contributed by atoms with Crippen molar-refractivity contribution in [2.24, 2.45) is 0 Å². The van der Waals surface area contributed by atoms with E-state index in [0.29, 0.717) is 0 Å². The monoisotopic (exact) mass is 189 g/mol. The summed E-state index contributed by atoms with van der Waals surface area (Å²) < 4.78 is 1.73. The molecule has 1 amide bonds. The summed E-state index contributed by atoms with van der Waals surface area (Å²) in [6, 6.07) is 7.70. The molecule has 0 fully saturated rings. The molecule has 2 rings (SSSR count). The first kappa shape index (κ1) is 8.74. The van der Waals surface area contributed by atoms with Gasteiger partial charge in [-0.2, -0.15) is 0 Å². The molecule has 1 aromatic heterocycles. The highest BCUT2D eigenvalue weighted by Gasteiger charge is 2.07. The number of hydrogen-bond donors (Lipinski definition) is 0. The Morgan fingerprint density at radius 1 is 1.43 bits per heavy atom. The van der Waals surface area contributed by atoms with E-state index in [1.165, 1.54) is 11.9 Å². The summed E-state index contributed by atoms with van der Waals surface area (Å²) in [6.07, 6.45) is 1.64. The predicted octanol–water partition coefficient (Wildman–Crippen LogP) is 1.15. The molecular weight excluding hydrogens is 178 g/mol. The quantitative estimate of drug-likeness (QED) is 0.675. The van der Waals surface area contributed by atoms with Gasteiger partial charge in [-0.15, -0.1) is 0 Å². The zero-order valence-corrected chi connectivity index (χ0v) is 8.14. The Balaban J connectivity index is 2.58. The zero-order valence-electron chi connectivity index (χ0n) is 8.14. The van der Waals surface area contributed by atoms with Crippen molar-refractivity contribution in [2.75, 3.05) is 12.1 Å². The summed E-state index contributed by atoms with van der Waals surface area (Å²) in [5.74, 6) is -0.0202. The molecule has 0 saturated heterocycles. The number of imidazole rings is 1. The van der Waals surface area contributed by atoms with E-state index in [1.807, 2.05) is 24.3 Å². The van der Waals surface area contributed by atoms with E-state index < -0.39 is 0 Å². The molecule has 0 bridgehead atoms. The standard InChI is InChI=1S/C10H11N3O/c1-8(14)12(2)13-7-11-9-5-3-4-6-10(9)13/h3-7H,1-2H3. The van der Waals surface area contributed by atoms with Crippen LogP contribution < -0.4 is 5.01 Å². The van der Waals surface area contributed by atoms with Gasteiger partial charge in [0.2, 0.25) is 5.91 Å². The molecule has 1 heterocycles. The molecule has 0 atom stereocenters. The van der Waals surface area contributed by atoms with Crippen molar-refractivity contribution in [1.29, 1.82) is 0 Å². The number of rotatable bonds is 1. The summed E-state index contributed by atoms with van der Waals surface area (Å²) in [4.78, 5) is 15.4. The smallest absolute Gasteiger partial charge is 0.238 e. The number of amides is 1. The number of fused-ring (bicyclic) bond motifs is 1. The minimum absolute atomic E-state index is 0.0202. The fourth-order valence-corrected chi connectivity index (χ4v) is 1.34. The minimum Gasteiger partial charge on any atom is -0.273 e. The molecule has 4 heteroatoms. The van der Waals surface area contributed by atoms with Crippen molar-refractivity contribution in [3.63, 3.8) is 0 Å². The molecule has 0 aliphatic carbocycles. The second-order valence-corrected chi connectivity index (χ2v) is 3.12. The summed E-state index contributed by atoms with van der Waals surface area (Å²) in [7, 11) is 1.72. The van der Waals surface area contributed by atoms with Gasteiger partial charge in [0.25, 0.3) is 0 Å². The normalized spacial score (nSPS) is 10.4. The molecule has 4 nitrogen and oxygen atoms in total. The number of carbonyl (C=O) groups is 1. The van der Waals surface area contributed by atoms with Crippen molar-refractivity contribution in [3.05, 3.63) is 30.6 Å². The lowest BCUT2D eigenvalue weighted by atomic mass is 10.3. The highest BCUT2D eigenvalue weighted by atomic mass is 16.2. The summed E-state index contributed by atoms with van der Waals surface area (Å²) in [6.45, 7) is 1.52. The summed E-state index contributed by atoms with van der Waals surface area (Å²) >= 11 is 0. The molecular formula is C10H11N3O. The molecule has 0 saturated carbocycles. The highest BCUT2D eigenvalue weighted by molar-refractivity contribution is 5.86. The Labute approximate surface area is 81.7 Å². The van der Waals surface area contributed by atoms with Crippen LogP contribution in [0.25, 0.3) is 11.0 Å². The first-order chi connectivity index (χ1) is 6.70. The summed E-state index contributed by atoms with van der Waals surface area (Å²) in [5, 5.41) is 1.52. The Hall–Kier alpha value is -1.84. The second kappa shape index (κ2) is 3.14. The molecule has 14 heavy (non-hydrogen) atoms. The van der Waals surface area contributed by atoms with E-state index in [0.717, 1.165) is 11.0 Å². The first-order valence-corrected chi connectivity index (χ1v) is 4.37. The van der Waals surface area contributed by atoms with Crippen LogP contribution in [-0.4, -0.2) is 22.6 Å². The Bertz CT molecular complexity index is 475. The van der Waals surface area contributed by atoms with Crippen LogP contribution in [0.2, 0.25) is 0 Å². The Morgan fingerprint density at radius 3 is 2.86 bits per heavy atom. The van der Waals surface area contributed by atoms with E-state index in [4.69, 9.17) is 0 Å². The zero-order chi connectivity index (χ0) is 10.1. The van der Waals surface area contributed by atoms with E-state index >= 15 is 0 Å². The van der Waals surface area contributed by atoms with Crippen molar-refractivity contribution >= 4 is 16.9 Å². The van der Waals surface area contributed by atoms with Gasteiger partial charge in [0.15, 0.2) is 0 Å². The molecule has 2 aromatic rings. The molecule has 1 aromatic carbocycles. The van der Waals surface area contributed by atoms with Crippen molar-refractivity contribution < 1.29 is 4.79 Å². The lowest BCUT2D eigenvalue weighted by Gasteiger charge is -2.16. The largest absolute Gasteiger partial charge is 0.273 e. The third-order valence-electron chi connectivity index (χ3n) is 2.21. The molecule has 0 radical (unpaired) electrons. The number of nitrogens with zero attached hydrogens (tertiary/aromatic N) is 3. The molecule has 0 spiro atoms. The van der Waals surface area contributed by atoms with Crippen LogP contribution in [0.5, 0.6) is 0 Å². The number of aromatic nitrogens is 2. The van der Waals surface area contributed by atoms with Crippen LogP contribution in [0.4, 0.5) is 0 Å². The van der Waals surface area contributed by atoms with Crippen LogP contribution in [0.3, 0.4) is 0 Å². The third-order valence-corrected chi connectivity index (χ3v) is 2.21. The number of hydrogen-bond acceptors (Lipinski definition) is 2. The number of para-hydroxylation sites is 2. The molecule has 72 valence electrons. The third kappa shape index (κ3) is 1.25. The number of carbonyl (C=O) groups excluding carboxylic acids is 1. The van der Waals surface area contributed by atoms with Gasteiger partial charge in [-0.3, -0.25) is 9.80 Å². The van der Waals surface area contributed by atoms with Crippen LogP contribution in [0.15, 0.2) is 30.6 Å². The van der Waals surface area contributed by atoms with Gasteiger partial charge in [-0.05, 0) is 12.1 Å². The first-order valence-electron chi connectivity index (χ1n) is 4.37. The maximum Gasteiger partial charge on any atom is 0.238 e. The SMILES string of the molecule is CC(=O)N(C)n1cnc2ccccc21. The van der Waals surface area contributed by atoms with Gasteiger partial charge in [-0.1, -0.05) is 12.1 Å². The van der Waals surface area contributed by atoms with Gasteiger partial charge < -0.3 is 0 Å². The Kier molecular flexibility index (Phi) is 1.96. The topological polar surface area (TPSA) is 38.1 Å². The van der Waals surface area contributed by atoms with Gasteiger partial charge >= 0.3 is 0 Å². The van der Waals surface area contributed by atoms with Crippen molar-refractivity contribution in [3.8, 4) is 0 Å². The average molecular weight is 189 g/mol. The van der Waals surface area contributed by atoms with Gasteiger partial charge in [0, 0.05) is 14.0 Å².